The largest absolute Gasteiger partial charge is 0.331 e. The van der Waals surface area contributed by atoms with E-state index in [-0.39, 0.29) is 0 Å². The molecule has 0 spiro atoms. The number of aromatic amines is 1. The second kappa shape index (κ2) is 5.54. The molecule has 0 unspecified atom stereocenters. The molecule has 1 aromatic carbocycles. The number of hydrogen-bond acceptors (Lipinski definition) is 2. The van der Waals surface area contributed by atoms with Crippen LogP contribution in [0.15, 0.2) is 18.2 Å². The van der Waals surface area contributed by atoms with Gasteiger partial charge in [-0.05, 0) is 83.3 Å². The molecule has 3 rings (SSSR count). The first-order valence-corrected chi connectivity index (χ1v) is 8.84. The summed E-state index contributed by atoms with van der Waals surface area (Å²) in [5, 5.41) is 0. The number of benzene rings is 1. The molecule has 0 aliphatic carbocycles. The van der Waals surface area contributed by atoms with Crippen molar-refractivity contribution in [2.75, 3.05) is 11.5 Å². The maximum Gasteiger partial charge on any atom is 0.178 e. The van der Waals surface area contributed by atoms with Crippen molar-refractivity contribution in [3.63, 3.8) is 0 Å². The molecule has 0 saturated carbocycles. The van der Waals surface area contributed by atoms with Gasteiger partial charge in [0.1, 0.15) is 0 Å². The van der Waals surface area contributed by atoms with Gasteiger partial charge in [0, 0.05) is 10.1 Å². The van der Waals surface area contributed by atoms with Gasteiger partial charge in [0.15, 0.2) is 4.77 Å². The number of nitrogens with zero attached hydrogens (tertiary/aromatic N) is 1. The topological polar surface area (TPSA) is 20.7 Å². The second-order valence-corrected chi connectivity index (χ2v) is 7.62. The predicted octanol–water partition coefficient (Wildman–Crippen LogP) is 4.45. The van der Waals surface area contributed by atoms with Crippen LogP contribution in [0.3, 0.4) is 0 Å². The Morgan fingerprint density at radius 1 is 1.39 bits per heavy atom. The zero-order valence-corrected chi connectivity index (χ0v) is 13.8. The fourth-order valence-corrected chi connectivity index (χ4v) is 4.48. The lowest BCUT2D eigenvalue weighted by molar-refractivity contribution is 0.420. The zero-order chi connectivity index (χ0) is 12.5. The van der Waals surface area contributed by atoms with Crippen LogP contribution in [-0.2, 0) is 6.54 Å². The minimum absolute atomic E-state index is 0.788. The van der Waals surface area contributed by atoms with Crippen molar-refractivity contribution in [2.24, 2.45) is 5.92 Å². The highest BCUT2D eigenvalue weighted by Crippen LogP contribution is 2.26. The Balaban J connectivity index is 1.95. The first-order chi connectivity index (χ1) is 8.74. The van der Waals surface area contributed by atoms with Gasteiger partial charge in [-0.2, -0.15) is 11.8 Å². The standard InChI is InChI=1S/C13H15IN2S2/c14-10-1-2-12-11(7-10)15-13(17)16(12)8-9-3-5-18-6-4-9/h1-2,7,9H,3-6,8H2,(H,15,17). The number of thioether (sulfide) groups is 1. The van der Waals surface area contributed by atoms with E-state index < -0.39 is 0 Å². The van der Waals surface area contributed by atoms with Gasteiger partial charge in [0.05, 0.1) is 11.0 Å². The van der Waals surface area contributed by atoms with E-state index in [4.69, 9.17) is 12.2 Å². The van der Waals surface area contributed by atoms with Crippen molar-refractivity contribution in [2.45, 2.75) is 19.4 Å². The van der Waals surface area contributed by atoms with Gasteiger partial charge in [-0.1, -0.05) is 0 Å². The molecule has 0 atom stereocenters. The Bertz CT molecular complexity index is 611. The van der Waals surface area contributed by atoms with Crippen molar-refractivity contribution in [1.29, 1.82) is 0 Å². The lowest BCUT2D eigenvalue weighted by atomic mass is 10.0. The highest BCUT2D eigenvalue weighted by atomic mass is 127. The highest BCUT2D eigenvalue weighted by Gasteiger charge is 2.16. The van der Waals surface area contributed by atoms with E-state index in [1.807, 2.05) is 0 Å². The minimum atomic E-state index is 0.788. The minimum Gasteiger partial charge on any atom is -0.331 e. The third-order valence-electron chi connectivity index (χ3n) is 3.52. The van der Waals surface area contributed by atoms with Gasteiger partial charge in [0.2, 0.25) is 0 Å². The SMILES string of the molecule is S=c1[nH]c2cc(I)ccc2n1CC1CCSCC1. The number of H-pyrrole nitrogens is 1. The molecule has 2 aromatic rings. The van der Waals surface area contributed by atoms with Crippen LogP contribution in [0.5, 0.6) is 0 Å². The highest BCUT2D eigenvalue weighted by molar-refractivity contribution is 14.1. The maximum absolute atomic E-state index is 5.46. The molecular formula is C13H15IN2S2. The van der Waals surface area contributed by atoms with Crippen molar-refractivity contribution >= 4 is 57.6 Å². The number of fused-ring (bicyclic) bond motifs is 1. The third kappa shape index (κ3) is 2.63. The molecule has 1 fully saturated rings. The number of halogens is 1. The summed E-state index contributed by atoms with van der Waals surface area (Å²) in [6, 6.07) is 6.50. The van der Waals surface area contributed by atoms with Gasteiger partial charge in [-0.25, -0.2) is 0 Å². The van der Waals surface area contributed by atoms with Crippen molar-refractivity contribution < 1.29 is 0 Å². The number of aromatic nitrogens is 2. The smallest absolute Gasteiger partial charge is 0.178 e. The number of nitrogens with one attached hydrogen (secondary N) is 1. The van der Waals surface area contributed by atoms with E-state index in [9.17, 15) is 0 Å². The van der Waals surface area contributed by atoms with Gasteiger partial charge < -0.3 is 9.55 Å². The van der Waals surface area contributed by atoms with Crippen LogP contribution in [0.1, 0.15) is 12.8 Å². The molecule has 5 heteroatoms. The van der Waals surface area contributed by atoms with E-state index in [0.29, 0.717) is 0 Å². The van der Waals surface area contributed by atoms with Crippen LogP contribution in [0, 0.1) is 14.3 Å². The molecule has 1 saturated heterocycles. The first-order valence-electron chi connectivity index (χ1n) is 6.20. The molecule has 0 radical (unpaired) electrons. The Morgan fingerprint density at radius 2 is 2.17 bits per heavy atom. The number of rotatable bonds is 2. The van der Waals surface area contributed by atoms with Crippen LogP contribution in [0.4, 0.5) is 0 Å². The van der Waals surface area contributed by atoms with Crippen molar-refractivity contribution in [3.8, 4) is 0 Å². The summed E-state index contributed by atoms with van der Waals surface area (Å²) in [4.78, 5) is 3.33. The summed E-state index contributed by atoms with van der Waals surface area (Å²) in [5.41, 5.74) is 2.41. The second-order valence-electron chi connectivity index (χ2n) is 4.76. The van der Waals surface area contributed by atoms with Gasteiger partial charge in [0.25, 0.3) is 0 Å². The third-order valence-corrected chi connectivity index (χ3v) is 5.56. The van der Waals surface area contributed by atoms with Crippen LogP contribution in [-0.4, -0.2) is 21.1 Å². The Labute approximate surface area is 130 Å². The summed E-state index contributed by atoms with van der Waals surface area (Å²) < 4.78 is 4.39. The molecule has 2 nitrogen and oxygen atoms in total. The van der Waals surface area contributed by atoms with E-state index in [2.05, 4.69) is 62.1 Å². The summed E-state index contributed by atoms with van der Waals surface area (Å²) in [7, 11) is 0. The van der Waals surface area contributed by atoms with Crippen LogP contribution >= 0.6 is 46.6 Å². The van der Waals surface area contributed by atoms with Crippen molar-refractivity contribution in [1.82, 2.24) is 9.55 Å². The van der Waals surface area contributed by atoms with Gasteiger partial charge >= 0.3 is 0 Å². The van der Waals surface area contributed by atoms with Crippen LogP contribution < -0.4 is 0 Å². The van der Waals surface area contributed by atoms with Gasteiger partial charge in [-0.15, -0.1) is 0 Å². The Morgan fingerprint density at radius 3 is 2.94 bits per heavy atom. The molecule has 1 aromatic heterocycles. The molecule has 2 heterocycles. The molecule has 0 bridgehead atoms. The fourth-order valence-electron chi connectivity index (χ4n) is 2.50. The first kappa shape index (κ1) is 13.0. The quantitative estimate of drug-likeness (QED) is 0.604. The average Bonchev–Trinajstić information content (AvgIpc) is 2.66. The van der Waals surface area contributed by atoms with Crippen LogP contribution in [0.25, 0.3) is 11.0 Å². The maximum atomic E-state index is 5.46. The van der Waals surface area contributed by atoms with E-state index >= 15 is 0 Å². The Kier molecular flexibility index (Phi) is 4.00. The summed E-state index contributed by atoms with van der Waals surface area (Å²) in [6.07, 6.45) is 2.65. The molecule has 18 heavy (non-hydrogen) atoms. The average molecular weight is 390 g/mol. The lowest BCUT2D eigenvalue weighted by Gasteiger charge is -2.21. The molecule has 96 valence electrons. The molecule has 1 aliphatic heterocycles. The van der Waals surface area contributed by atoms with E-state index in [1.54, 1.807) is 0 Å². The fraction of sp³-hybridized carbons (Fsp3) is 0.462. The molecule has 0 amide bonds. The normalized spacial score (nSPS) is 17.4. The summed E-state index contributed by atoms with van der Waals surface area (Å²) in [5.74, 6) is 3.40. The van der Waals surface area contributed by atoms with E-state index in [0.717, 1.165) is 22.8 Å². The predicted molar refractivity (Wildman–Crippen MR) is 89.9 cm³/mol. The molecular weight excluding hydrogens is 375 g/mol. The number of imidazole rings is 1. The lowest BCUT2D eigenvalue weighted by Crippen LogP contribution is -2.16. The Hall–Kier alpha value is -0.0100. The summed E-state index contributed by atoms with van der Waals surface area (Å²) in [6.45, 7) is 1.07. The zero-order valence-electron chi connectivity index (χ0n) is 9.99. The van der Waals surface area contributed by atoms with Crippen molar-refractivity contribution in [3.05, 3.63) is 26.5 Å². The van der Waals surface area contributed by atoms with Crippen LogP contribution in [0.2, 0.25) is 0 Å². The summed E-state index contributed by atoms with van der Waals surface area (Å²) >= 11 is 9.88. The molecule has 1 N–H and O–H groups in total. The molecule has 1 aliphatic rings. The monoisotopic (exact) mass is 390 g/mol. The number of hydrogen-bond donors (Lipinski definition) is 1. The van der Waals surface area contributed by atoms with Gasteiger partial charge in [-0.3, -0.25) is 0 Å². The van der Waals surface area contributed by atoms with E-state index in [1.165, 1.54) is 33.4 Å².